The molecule has 1 aromatic carbocycles. The Morgan fingerprint density at radius 3 is 2.54 bits per heavy atom. The minimum absolute atomic E-state index is 0.0299. The second-order valence-electron chi connectivity index (χ2n) is 7.30. The molecule has 7 nitrogen and oxygen atoms in total. The van der Waals surface area contributed by atoms with Crippen LogP contribution in [0.2, 0.25) is 0 Å². The number of carbonyl (C=O) groups is 1. The van der Waals surface area contributed by atoms with Gasteiger partial charge in [-0.05, 0) is 62.8 Å². The zero-order valence-electron chi connectivity index (χ0n) is 17.1. The molecule has 28 heavy (non-hydrogen) atoms. The number of benzene rings is 1. The van der Waals surface area contributed by atoms with Gasteiger partial charge in [0.25, 0.3) is 0 Å². The van der Waals surface area contributed by atoms with Crippen molar-refractivity contribution in [1.82, 2.24) is 10.6 Å². The summed E-state index contributed by atoms with van der Waals surface area (Å²) in [6.07, 6.45) is 5.98. The van der Waals surface area contributed by atoms with Crippen molar-refractivity contribution < 1.29 is 14.6 Å². The summed E-state index contributed by atoms with van der Waals surface area (Å²) < 4.78 is 5.58. The lowest BCUT2D eigenvalue weighted by atomic mass is 9.83. The van der Waals surface area contributed by atoms with E-state index in [1.165, 1.54) is 37.8 Å². The molecule has 1 aromatic rings. The van der Waals surface area contributed by atoms with E-state index in [0.29, 0.717) is 11.6 Å². The molecule has 1 amide bonds. The minimum atomic E-state index is -0.199. The molecule has 0 atom stereocenters. The Morgan fingerprint density at radius 2 is 1.89 bits per heavy atom. The molecule has 0 unspecified atom stereocenters. The number of nitrogens with one attached hydrogen (secondary N) is 3. The van der Waals surface area contributed by atoms with Gasteiger partial charge in [0.2, 0.25) is 5.91 Å². The second-order valence-corrected chi connectivity index (χ2v) is 7.30. The number of anilines is 1. The molecule has 0 aliphatic heterocycles. The van der Waals surface area contributed by atoms with Crippen molar-refractivity contribution in [1.29, 1.82) is 0 Å². The van der Waals surface area contributed by atoms with Gasteiger partial charge in [0.15, 0.2) is 5.96 Å². The average molecular weight is 391 g/mol. The van der Waals surface area contributed by atoms with E-state index in [9.17, 15) is 9.90 Å². The summed E-state index contributed by atoms with van der Waals surface area (Å²) in [6.45, 7) is 7.18. The minimum Gasteiger partial charge on any atom is -0.508 e. The Hall–Kier alpha value is -2.28. The highest BCUT2D eigenvalue weighted by atomic mass is 16.5. The molecule has 1 aliphatic carbocycles. The molecule has 1 aliphatic rings. The third-order valence-electron chi connectivity index (χ3n) is 5.15. The summed E-state index contributed by atoms with van der Waals surface area (Å²) in [6, 6.07) is 6.38. The van der Waals surface area contributed by atoms with Crippen molar-refractivity contribution in [3.05, 3.63) is 24.3 Å². The fraction of sp³-hybridized carbons (Fsp3) is 0.619. The molecule has 0 radical (unpaired) electrons. The Morgan fingerprint density at radius 1 is 1.18 bits per heavy atom. The van der Waals surface area contributed by atoms with Crippen molar-refractivity contribution in [3.8, 4) is 5.75 Å². The van der Waals surface area contributed by atoms with Gasteiger partial charge < -0.3 is 25.8 Å². The van der Waals surface area contributed by atoms with Gasteiger partial charge in [-0.3, -0.25) is 4.79 Å². The molecule has 0 aromatic heterocycles. The zero-order chi connectivity index (χ0) is 20.2. The largest absolute Gasteiger partial charge is 0.508 e. The van der Waals surface area contributed by atoms with Crippen LogP contribution in [0, 0.1) is 5.41 Å². The molecule has 4 N–H and O–H groups in total. The number of carbonyl (C=O) groups excluding carboxylic acids is 1. The number of rotatable bonds is 10. The summed E-state index contributed by atoms with van der Waals surface area (Å²) in [5.41, 5.74) is 0.886. The lowest BCUT2D eigenvalue weighted by Crippen LogP contribution is -2.43. The van der Waals surface area contributed by atoms with E-state index in [4.69, 9.17) is 4.74 Å². The highest BCUT2D eigenvalue weighted by Crippen LogP contribution is 2.40. The molecule has 0 heterocycles. The Labute approximate surface area is 168 Å². The number of aromatic hydroxyl groups is 1. The van der Waals surface area contributed by atoms with Crippen LogP contribution in [-0.2, 0) is 9.53 Å². The van der Waals surface area contributed by atoms with Crippen LogP contribution in [0.25, 0.3) is 0 Å². The second kappa shape index (κ2) is 11.5. The van der Waals surface area contributed by atoms with Crippen LogP contribution in [0.15, 0.2) is 29.3 Å². The van der Waals surface area contributed by atoms with E-state index >= 15 is 0 Å². The van der Waals surface area contributed by atoms with Crippen LogP contribution in [-0.4, -0.2) is 49.8 Å². The van der Waals surface area contributed by atoms with Gasteiger partial charge in [-0.2, -0.15) is 0 Å². The SMILES string of the molecule is CCNC(=NCC(=O)Nc1ccc(O)cc1)NCC1(CCOCC)CCCC1. The highest BCUT2D eigenvalue weighted by molar-refractivity contribution is 5.94. The number of ether oxygens (including phenoxy) is 1. The molecule has 0 spiro atoms. The standard InChI is InChI=1S/C21H34N4O3/c1-3-22-20(23-15-19(27)25-17-7-9-18(26)10-8-17)24-16-21(11-5-6-12-21)13-14-28-4-2/h7-10,26H,3-6,11-16H2,1-2H3,(H,25,27)(H2,22,23,24). The maximum atomic E-state index is 12.2. The summed E-state index contributed by atoms with van der Waals surface area (Å²) in [4.78, 5) is 16.6. The highest BCUT2D eigenvalue weighted by Gasteiger charge is 2.33. The van der Waals surface area contributed by atoms with E-state index in [-0.39, 0.29) is 23.6 Å². The van der Waals surface area contributed by atoms with Crippen molar-refractivity contribution in [2.75, 3.05) is 38.2 Å². The number of aliphatic imine (C=N–C) groups is 1. The fourth-order valence-corrected chi connectivity index (χ4v) is 3.58. The molecular formula is C21H34N4O3. The van der Waals surface area contributed by atoms with E-state index in [1.807, 2.05) is 13.8 Å². The van der Waals surface area contributed by atoms with Gasteiger partial charge in [0.1, 0.15) is 12.3 Å². The monoisotopic (exact) mass is 390 g/mol. The molecule has 156 valence electrons. The van der Waals surface area contributed by atoms with Crippen LogP contribution in [0.1, 0.15) is 46.0 Å². The van der Waals surface area contributed by atoms with E-state index in [0.717, 1.165) is 32.7 Å². The fourth-order valence-electron chi connectivity index (χ4n) is 3.58. The Bertz CT molecular complexity index is 625. The van der Waals surface area contributed by atoms with Gasteiger partial charge in [-0.25, -0.2) is 4.99 Å². The van der Waals surface area contributed by atoms with E-state index in [1.54, 1.807) is 12.1 Å². The first-order valence-electron chi connectivity index (χ1n) is 10.3. The lowest BCUT2D eigenvalue weighted by Gasteiger charge is -2.30. The first-order chi connectivity index (χ1) is 13.6. The van der Waals surface area contributed by atoms with Gasteiger partial charge >= 0.3 is 0 Å². The topological polar surface area (TPSA) is 95.0 Å². The molecule has 7 heteroatoms. The molecule has 1 fully saturated rings. The first-order valence-corrected chi connectivity index (χ1v) is 10.3. The number of hydrogen-bond donors (Lipinski definition) is 4. The van der Waals surface area contributed by atoms with Crippen molar-refractivity contribution in [2.45, 2.75) is 46.0 Å². The lowest BCUT2D eigenvalue weighted by molar-refractivity contribution is -0.114. The number of phenolic OH excluding ortho intramolecular Hbond substituents is 1. The number of phenols is 1. The molecule has 2 rings (SSSR count). The van der Waals surface area contributed by atoms with Crippen molar-refractivity contribution in [3.63, 3.8) is 0 Å². The number of nitrogens with zero attached hydrogens (tertiary/aromatic N) is 1. The summed E-state index contributed by atoms with van der Waals surface area (Å²) >= 11 is 0. The number of hydrogen-bond acceptors (Lipinski definition) is 4. The maximum absolute atomic E-state index is 12.2. The summed E-state index contributed by atoms with van der Waals surface area (Å²) in [7, 11) is 0. The predicted octanol–water partition coefficient (Wildman–Crippen LogP) is 2.87. The van der Waals surface area contributed by atoms with Gasteiger partial charge in [-0.15, -0.1) is 0 Å². The van der Waals surface area contributed by atoms with Crippen molar-refractivity contribution in [2.24, 2.45) is 10.4 Å². The van der Waals surface area contributed by atoms with E-state index < -0.39 is 0 Å². The third-order valence-corrected chi connectivity index (χ3v) is 5.15. The summed E-state index contributed by atoms with van der Waals surface area (Å²) in [5, 5.41) is 18.7. The number of guanidine groups is 1. The first kappa shape index (κ1) is 22.0. The quantitative estimate of drug-likeness (QED) is 0.213. The van der Waals surface area contributed by atoms with Crippen LogP contribution >= 0.6 is 0 Å². The van der Waals surface area contributed by atoms with Gasteiger partial charge in [-0.1, -0.05) is 12.8 Å². The average Bonchev–Trinajstić information content (AvgIpc) is 3.15. The van der Waals surface area contributed by atoms with Crippen molar-refractivity contribution >= 4 is 17.6 Å². The maximum Gasteiger partial charge on any atom is 0.246 e. The van der Waals surface area contributed by atoms with Gasteiger partial charge in [0, 0.05) is 32.0 Å². The normalized spacial score (nSPS) is 16.0. The smallest absolute Gasteiger partial charge is 0.246 e. The van der Waals surface area contributed by atoms with Crippen LogP contribution in [0.4, 0.5) is 5.69 Å². The Kier molecular flexibility index (Phi) is 9.07. The Balaban J connectivity index is 1.87. The van der Waals surface area contributed by atoms with Crippen LogP contribution in [0.5, 0.6) is 5.75 Å². The molecule has 0 bridgehead atoms. The molecule has 0 saturated heterocycles. The molecular weight excluding hydrogens is 356 g/mol. The van der Waals surface area contributed by atoms with Crippen LogP contribution < -0.4 is 16.0 Å². The van der Waals surface area contributed by atoms with Crippen LogP contribution in [0.3, 0.4) is 0 Å². The number of amides is 1. The zero-order valence-corrected chi connectivity index (χ0v) is 17.1. The third kappa shape index (κ3) is 7.38. The molecule has 1 saturated carbocycles. The van der Waals surface area contributed by atoms with E-state index in [2.05, 4.69) is 20.9 Å². The predicted molar refractivity (Wildman–Crippen MR) is 113 cm³/mol. The summed E-state index contributed by atoms with van der Waals surface area (Å²) in [5.74, 6) is 0.626. The van der Waals surface area contributed by atoms with Gasteiger partial charge in [0.05, 0.1) is 0 Å².